The Morgan fingerprint density at radius 3 is 2.45 bits per heavy atom. The van der Waals surface area contributed by atoms with Crippen LogP contribution in [-0.2, 0) is 12.6 Å². The molecule has 3 aromatic carbocycles. The molecule has 1 atom stereocenters. The van der Waals surface area contributed by atoms with Crippen LogP contribution in [0, 0.1) is 18.2 Å². The third-order valence-corrected chi connectivity index (χ3v) is 7.96. The molecule has 0 amide bonds. The number of phenols is 1. The fourth-order valence-electron chi connectivity index (χ4n) is 4.91. The molecule has 0 fully saturated rings. The Hall–Kier alpha value is -3.85. The third-order valence-electron chi connectivity index (χ3n) is 6.76. The molecule has 0 radical (unpaired) electrons. The summed E-state index contributed by atoms with van der Waals surface area (Å²) in [6, 6.07) is 17.1. The normalized spacial score (nSPS) is 14.9. The molecule has 0 saturated carbocycles. The first-order valence-corrected chi connectivity index (χ1v) is 12.7. The highest BCUT2D eigenvalue weighted by atomic mass is 32.2. The van der Waals surface area contributed by atoms with Gasteiger partial charge in [0.25, 0.3) is 5.56 Å². The van der Waals surface area contributed by atoms with Crippen LogP contribution in [-0.4, -0.2) is 21.1 Å². The van der Waals surface area contributed by atoms with E-state index in [1.807, 2.05) is 6.07 Å². The number of halogens is 4. The molecular weight excluding hydrogens is 516 g/mol. The summed E-state index contributed by atoms with van der Waals surface area (Å²) in [7, 11) is 0. The van der Waals surface area contributed by atoms with E-state index in [0.717, 1.165) is 18.2 Å². The van der Waals surface area contributed by atoms with E-state index >= 15 is 0 Å². The summed E-state index contributed by atoms with van der Waals surface area (Å²) in [4.78, 5) is 14.0. The fraction of sp³-hybridized carbons (Fsp3) is 0.172. The Morgan fingerprint density at radius 2 is 1.76 bits per heavy atom. The number of benzene rings is 3. The van der Waals surface area contributed by atoms with Crippen molar-refractivity contribution >= 4 is 17.5 Å². The lowest BCUT2D eigenvalue weighted by Crippen LogP contribution is -2.31. The zero-order valence-corrected chi connectivity index (χ0v) is 21.0. The number of nitrogens with one attached hydrogen (secondary N) is 1. The van der Waals surface area contributed by atoms with E-state index in [9.17, 15) is 27.5 Å². The molecule has 4 aromatic rings. The Bertz CT molecular complexity index is 1610. The number of aromatic nitrogens is 1. The maximum Gasteiger partial charge on any atom is 0.416 e. The maximum absolute atomic E-state index is 14.9. The van der Waals surface area contributed by atoms with Gasteiger partial charge in [0.15, 0.2) is 0 Å². The molecule has 1 aliphatic heterocycles. The van der Waals surface area contributed by atoms with E-state index in [-0.39, 0.29) is 17.0 Å². The molecule has 9 heteroatoms. The number of aromatic hydroxyl groups is 1. The SMILES string of the molecule is Cc1c(Cc2c(F)cccc2C(F)(F)F)c2n(c(=O)c1-c1cccc(O)c1)C(C(=N)c1ccccc1)CS2. The molecule has 4 nitrogen and oxygen atoms in total. The van der Waals surface area contributed by atoms with Crippen molar-refractivity contribution in [2.75, 3.05) is 5.75 Å². The van der Waals surface area contributed by atoms with E-state index in [4.69, 9.17) is 5.41 Å². The zero-order valence-electron chi connectivity index (χ0n) is 20.1. The van der Waals surface area contributed by atoms with Crippen molar-refractivity contribution in [2.45, 2.75) is 30.6 Å². The minimum atomic E-state index is -4.76. The molecule has 1 aliphatic rings. The summed E-state index contributed by atoms with van der Waals surface area (Å²) in [6.45, 7) is 1.63. The van der Waals surface area contributed by atoms with Crippen LogP contribution in [0.2, 0.25) is 0 Å². The van der Waals surface area contributed by atoms with Crippen molar-refractivity contribution < 1.29 is 22.7 Å². The number of hydrogen-bond donors (Lipinski definition) is 2. The summed E-state index contributed by atoms with van der Waals surface area (Å²) < 4.78 is 57.8. The molecule has 0 spiro atoms. The van der Waals surface area contributed by atoms with Gasteiger partial charge in [-0.25, -0.2) is 4.39 Å². The third kappa shape index (κ3) is 4.51. The van der Waals surface area contributed by atoms with Crippen LogP contribution in [0.5, 0.6) is 5.75 Å². The molecule has 38 heavy (non-hydrogen) atoms. The van der Waals surface area contributed by atoms with Gasteiger partial charge in [0.05, 0.1) is 27.9 Å². The van der Waals surface area contributed by atoms with Crippen molar-refractivity contribution in [1.82, 2.24) is 4.57 Å². The monoisotopic (exact) mass is 538 g/mol. The number of rotatable bonds is 5. The highest BCUT2D eigenvalue weighted by Crippen LogP contribution is 2.42. The van der Waals surface area contributed by atoms with Gasteiger partial charge in [-0.3, -0.25) is 9.36 Å². The van der Waals surface area contributed by atoms with Crippen LogP contribution in [0.15, 0.2) is 82.6 Å². The molecule has 194 valence electrons. The van der Waals surface area contributed by atoms with Gasteiger partial charge in [-0.1, -0.05) is 48.5 Å². The number of thioether (sulfide) groups is 1. The number of fused-ring (bicyclic) bond motifs is 1. The lowest BCUT2D eigenvalue weighted by Gasteiger charge is -2.22. The van der Waals surface area contributed by atoms with Crippen LogP contribution in [0.25, 0.3) is 11.1 Å². The van der Waals surface area contributed by atoms with Crippen molar-refractivity contribution in [2.24, 2.45) is 0 Å². The van der Waals surface area contributed by atoms with Crippen molar-refractivity contribution in [1.29, 1.82) is 5.41 Å². The Kier molecular flexibility index (Phi) is 6.65. The predicted molar refractivity (Wildman–Crippen MR) is 140 cm³/mol. The smallest absolute Gasteiger partial charge is 0.416 e. The van der Waals surface area contributed by atoms with Crippen LogP contribution in [0.1, 0.15) is 33.9 Å². The van der Waals surface area contributed by atoms with E-state index in [2.05, 4.69) is 0 Å². The first-order chi connectivity index (χ1) is 18.1. The lowest BCUT2D eigenvalue weighted by atomic mass is 9.92. The Morgan fingerprint density at radius 1 is 1.05 bits per heavy atom. The van der Waals surface area contributed by atoms with Gasteiger partial charge in [-0.05, 0) is 53.4 Å². The first-order valence-electron chi connectivity index (χ1n) is 11.8. The van der Waals surface area contributed by atoms with Gasteiger partial charge in [-0.2, -0.15) is 13.2 Å². The second kappa shape index (κ2) is 9.79. The largest absolute Gasteiger partial charge is 0.508 e. The molecule has 1 unspecified atom stereocenters. The fourth-order valence-corrected chi connectivity index (χ4v) is 6.29. The quantitative estimate of drug-likeness (QED) is 0.213. The average Bonchev–Trinajstić information content (AvgIpc) is 3.32. The molecule has 0 bridgehead atoms. The summed E-state index contributed by atoms with van der Waals surface area (Å²) in [5, 5.41) is 19.3. The molecule has 5 rings (SSSR count). The van der Waals surface area contributed by atoms with Gasteiger partial charge in [0, 0.05) is 17.7 Å². The summed E-state index contributed by atoms with van der Waals surface area (Å²) in [5.41, 5.74) is 0.172. The standard InChI is InChI=1S/C29H22F4N2O2S/c1-16-20(14-21-22(29(31,32)33)11-6-12-23(21)30)28-35(27(37)25(16)18-9-5-10-19(36)13-18)24(15-38-28)26(34)17-7-3-2-4-8-17/h2-13,24,34,36H,14-15H2,1H3. The minimum absolute atomic E-state index is 0.0789. The van der Waals surface area contributed by atoms with E-state index < -0.39 is 41.1 Å². The second-order valence-corrected chi connectivity index (χ2v) is 10.1. The van der Waals surface area contributed by atoms with Crippen LogP contribution in [0.3, 0.4) is 0 Å². The van der Waals surface area contributed by atoms with E-state index in [0.29, 0.717) is 33.0 Å². The zero-order chi connectivity index (χ0) is 27.2. The lowest BCUT2D eigenvalue weighted by molar-refractivity contribution is -0.138. The number of hydrogen-bond acceptors (Lipinski definition) is 4. The molecule has 1 aromatic heterocycles. The summed E-state index contributed by atoms with van der Waals surface area (Å²) in [6.07, 6.45) is -5.16. The van der Waals surface area contributed by atoms with Gasteiger partial charge < -0.3 is 10.5 Å². The van der Waals surface area contributed by atoms with Gasteiger partial charge >= 0.3 is 6.18 Å². The molecule has 0 aliphatic carbocycles. The average molecular weight is 539 g/mol. The second-order valence-electron chi connectivity index (χ2n) is 9.06. The van der Waals surface area contributed by atoms with Gasteiger partial charge in [0.2, 0.25) is 0 Å². The minimum Gasteiger partial charge on any atom is -0.508 e. The molecule has 0 saturated heterocycles. The van der Waals surface area contributed by atoms with E-state index in [1.54, 1.807) is 43.3 Å². The maximum atomic E-state index is 14.9. The Labute approximate surface area is 220 Å². The Balaban J connectivity index is 1.77. The van der Waals surface area contributed by atoms with Crippen molar-refractivity contribution in [3.8, 4) is 16.9 Å². The van der Waals surface area contributed by atoms with Crippen molar-refractivity contribution in [3.05, 3.63) is 117 Å². The first kappa shape index (κ1) is 25.8. The number of phenolic OH excluding ortho intramolecular Hbond substituents is 1. The predicted octanol–water partition coefficient (Wildman–Crippen LogP) is 6.99. The van der Waals surface area contributed by atoms with Crippen LogP contribution < -0.4 is 5.56 Å². The molecular formula is C29H22F4N2O2S. The highest BCUT2D eigenvalue weighted by molar-refractivity contribution is 7.99. The van der Waals surface area contributed by atoms with Crippen molar-refractivity contribution in [3.63, 3.8) is 0 Å². The topological polar surface area (TPSA) is 66.1 Å². The van der Waals surface area contributed by atoms with Gasteiger partial charge in [-0.15, -0.1) is 11.8 Å². The van der Waals surface area contributed by atoms with Crippen LogP contribution >= 0.6 is 11.8 Å². The van der Waals surface area contributed by atoms with Crippen LogP contribution in [0.4, 0.5) is 17.6 Å². The highest BCUT2D eigenvalue weighted by Gasteiger charge is 2.37. The number of pyridine rings is 1. The number of alkyl halides is 3. The summed E-state index contributed by atoms with van der Waals surface area (Å²) in [5.74, 6) is -0.744. The number of nitrogens with zero attached hydrogens (tertiary/aromatic N) is 1. The molecule has 2 N–H and O–H groups in total. The van der Waals surface area contributed by atoms with E-state index in [1.165, 1.54) is 28.5 Å². The summed E-state index contributed by atoms with van der Waals surface area (Å²) >= 11 is 1.27. The van der Waals surface area contributed by atoms with Gasteiger partial charge in [0.1, 0.15) is 11.6 Å². The molecule has 2 heterocycles.